The Morgan fingerprint density at radius 2 is 2.05 bits per heavy atom. The van der Waals surface area contributed by atoms with Crippen molar-refractivity contribution < 1.29 is 4.74 Å². The molecule has 0 radical (unpaired) electrons. The normalized spacial score (nSPS) is 23.3. The van der Waals surface area contributed by atoms with Gasteiger partial charge in [0.1, 0.15) is 5.75 Å². The van der Waals surface area contributed by atoms with E-state index in [0.717, 1.165) is 18.2 Å². The Hall–Kier alpha value is -1.06. The van der Waals surface area contributed by atoms with Crippen LogP contribution in [-0.4, -0.2) is 31.1 Å². The Morgan fingerprint density at radius 3 is 2.53 bits per heavy atom. The maximum atomic E-state index is 6.23. The van der Waals surface area contributed by atoms with Crippen LogP contribution in [0.5, 0.6) is 5.75 Å². The van der Waals surface area contributed by atoms with Gasteiger partial charge < -0.3 is 10.5 Å². The van der Waals surface area contributed by atoms with E-state index in [1.165, 1.54) is 24.9 Å². The second kappa shape index (κ2) is 6.40. The van der Waals surface area contributed by atoms with Crippen LogP contribution in [0.25, 0.3) is 0 Å². The fourth-order valence-corrected chi connectivity index (χ4v) is 3.10. The highest BCUT2D eigenvalue weighted by Gasteiger charge is 2.30. The van der Waals surface area contributed by atoms with Crippen LogP contribution in [-0.2, 0) is 0 Å². The molecule has 0 spiro atoms. The molecule has 2 N–H and O–H groups in total. The number of nitrogens with two attached hydrogens (primary N) is 1. The second-order valence-electron chi connectivity index (χ2n) is 5.63. The predicted octanol–water partition coefficient (Wildman–Crippen LogP) is 2.82. The predicted molar refractivity (Wildman–Crippen MR) is 79.4 cm³/mol. The van der Waals surface area contributed by atoms with Gasteiger partial charge in [-0.1, -0.05) is 25.5 Å². The number of nitrogens with zero attached hydrogens (tertiary/aromatic N) is 1. The summed E-state index contributed by atoms with van der Waals surface area (Å²) in [7, 11) is 1.70. The number of benzene rings is 1. The van der Waals surface area contributed by atoms with Crippen molar-refractivity contribution >= 4 is 0 Å². The van der Waals surface area contributed by atoms with Crippen molar-refractivity contribution in [3.8, 4) is 5.75 Å². The number of hydrogen-bond acceptors (Lipinski definition) is 3. The van der Waals surface area contributed by atoms with Gasteiger partial charge in [-0.3, -0.25) is 4.90 Å². The van der Waals surface area contributed by atoms with Gasteiger partial charge in [0.05, 0.1) is 7.11 Å². The van der Waals surface area contributed by atoms with Crippen LogP contribution in [0.4, 0.5) is 0 Å². The molecule has 0 aromatic heterocycles. The summed E-state index contributed by atoms with van der Waals surface area (Å²) in [6, 6.07) is 8.81. The molecule has 19 heavy (non-hydrogen) atoms. The molecule has 1 aromatic rings. The van der Waals surface area contributed by atoms with Gasteiger partial charge in [0.25, 0.3) is 0 Å². The first-order valence-corrected chi connectivity index (χ1v) is 7.29. The molecule has 1 aliphatic rings. The Balaban J connectivity index is 2.15. The maximum absolute atomic E-state index is 6.23. The van der Waals surface area contributed by atoms with Crippen LogP contribution in [0.1, 0.15) is 38.3 Å². The Kier molecular flexibility index (Phi) is 4.83. The molecule has 0 amide bonds. The summed E-state index contributed by atoms with van der Waals surface area (Å²) in [6.07, 6.45) is 2.57. The molecule has 3 atom stereocenters. The van der Waals surface area contributed by atoms with E-state index in [9.17, 15) is 0 Å². The van der Waals surface area contributed by atoms with Gasteiger partial charge in [-0.25, -0.2) is 0 Å². The van der Waals surface area contributed by atoms with Crippen LogP contribution in [0.15, 0.2) is 24.3 Å². The van der Waals surface area contributed by atoms with Crippen molar-refractivity contribution in [2.45, 2.75) is 38.8 Å². The van der Waals surface area contributed by atoms with Crippen molar-refractivity contribution in [1.29, 1.82) is 0 Å². The van der Waals surface area contributed by atoms with Crippen molar-refractivity contribution in [2.75, 3.05) is 20.2 Å². The second-order valence-corrected chi connectivity index (χ2v) is 5.63. The fourth-order valence-electron chi connectivity index (χ4n) is 3.10. The number of hydrogen-bond donors (Lipinski definition) is 1. The molecule has 1 heterocycles. The highest BCUT2D eigenvalue weighted by Crippen LogP contribution is 2.31. The smallest absolute Gasteiger partial charge is 0.118 e. The summed E-state index contributed by atoms with van der Waals surface area (Å²) in [5, 5.41) is 0. The maximum Gasteiger partial charge on any atom is 0.118 e. The van der Waals surface area contributed by atoms with E-state index in [0.29, 0.717) is 6.04 Å². The molecule has 1 fully saturated rings. The standard InChI is InChI=1S/C16H26N2O/c1-4-13-9-10-18(11-13)16(12(2)17)14-5-7-15(19-3)8-6-14/h5-8,12-13,16H,4,9-11,17H2,1-3H3. The highest BCUT2D eigenvalue weighted by atomic mass is 16.5. The molecule has 0 saturated carbocycles. The third-order valence-corrected chi connectivity index (χ3v) is 4.24. The summed E-state index contributed by atoms with van der Waals surface area (Å²) in [5.41, 5.74) is 7.53. The van der Waals surface area contributed by atoms with E-state index in [-0.39, 0.29) is 6.04 Å². The van der Waals surface area contributed by atoms with Gasteiger partial charge in [-0.15, -0.1) is 0 Å². The molecule has 1 saturated heterocycles. The average Bonchev–Trinajstić information content (AvgIpc) is 2.88. The van der Waals surface area contributed by atoms with Gasteiger partial charge >= 0.3 is 0 Å². The Bertz CT molecular complexity index is 388. The summed E-state index contributed by atoms with van der Waals surface area (Å²) >= 11 is 0. The zero-order valence-electron chi connectivity index (χ0n) is 12.3. The van der Waals surface area contributed by atoms with E-state index in [2.05, 4.69) is 30.9 Å². The van der Waals surface area contributed by atoms with Gasteiger partial charge in [-0.2, -0.15) is 0 Å². The molecule has 0 bridgehead atoms. The molecule has 3 nitrogen and oxygen atoms in total. The van der Waals surface area contributed by atoms with E-state index in [4.69, 9.17) is 10.5 Å². The number of methoxy groups -OCH3 is 1. The number of ether oxygens (including phenoxy) is 1. The molecule has 1 aromatic carbocycles. The van der Waals surface area contributed by atoms with Crippen molar-refractivity contribution in [1.82, 2.24) is 4.90 Å². The van der Waals surface area contributed by atoms with Gasteiger partial charge in [0.15, 0.2) is 0 Å². The molecular weight excluding hydrogens is 236 g/mol. The van der Waals surface area contributed by atoms with Gasteiger partial charge in [0, 0.05) is 18.6 Å². The lowest BCUT2D eigenvalue weighted by Gasteiger charge is -2.31. The minimum Gasteiger partial charge on any atom is -0.497 e. The third-order valence-electron chi connectivity index (χ3n) is 4.24. The minimum atomic E-state index is 0.143. The largest absolute Gasteiger partial charge is 0.497 e. The van der Waals surface area contributed by atoms with Crippen LogP contribution < -0.4 is 10.5 Å². The lowest BCUT2D eigenvalue weighted by molar-refractivity contribution is 0.210. The molecule has 0 aliphatic carbocycles. The lowest BCUT2D eigenvalue weighted by Crippen LogP contribution is -2.38. The highest BCUT2D eigenvalue weighted by molar-refractivity contribution is 5.30. The first kappa shape index (κ1) is 14.4. The molecule has 1 aliphatic heterocycles. The summed E-state index contributed by atoms with van der Waals surface area (Å²) in [6.45, 7) is 6.72. The molecule has 3 heteroatoms. The summed E-state index contributed by atoms with van der Waals surface area (Å²) in [4.78, 5) is 2.54. The third kappa shape index (κ3) is 3.28. The number of rotatable bonds is 5. The van der Waals surface area contributed by atoms with Crippen molar-refractivity contribution in [3.63, 3.8) is 0 Å². The summed E-state index contributed by atoms with van der Waals surface area (Å²) in [5.74, 6) is 1.74. The Morgan fingerprint density at radius 1 is 1.37 bits per heavy atom. The number of likely N-dealkylation sites (tertiary alicyclic amines) is 1. The van der Waals surface area contributed by atoms with Crippen LogP contribution in [0.2, 0.25) is 0 Å². The topological polar surface area (TPSA) is 38.5 Å². The Labute approximate surface area is 116 Å². The molecule has 106 valence electrons. The summed E-state index contributed by atoms with van der Waals surface area (Å²) < 4.78 is 5.22. The monoisotopic (exact) mass is 262 g/mol. The van der Waals surface area contributed by atoms with E-state index >= 15 is 0 Å². The van der Waals surface area contributed by atoms with Crippen LogP contribution in [0, 0.1) is 5.92 Å². The first-order chi connectivity index (χ1) is 9.15. The minimum absolute atomic E-state index is 0.143. The fraction of sp³-hybridized carbons (Fsp3) is 0.625. The quantitative estimate of drug-likeness (QED) is 0.887. The van der Waals surface area contributed by atoms with Crippen molar-refractivity contribution in [2.24, 2.45) is 11.7 Å². The lowest BCUT2D eigenvalue weighted by atomic mass is 9.99. The van der Waals surface area contributed by atoms with Crippen LogP contribution in [0.3, 0.4) is 0 Å². The zero-order chi connectivity index (χ0) is 13.8. The van der Waals surface area contributed by atoms with Gasteiger partial charge in [-0.05, 0) is 43.5 Å². The molecular formula is C16H26N2O. The first-order valence-electron chi connectivity index (χ1n) is 7.29. The average molecular weight is 262 g/mol. The van der Waals surface area contributed by atoms with E-state index < -0.39 is 0 Å². The zero-order valence-corrected chi connectivity index (χ0v) is 12.3. The van der Waals surface area contributed by atoms with Crippen LogP contribution >= 0.6 is 0 Å². The molecule has 3 unspecified atom stereocenters. The SMILES string of the molecule is CCC1CCN(C(c2ccc(OC)cc2)C(C)N)C1. The van der Waals surface area contributed by atoms with E-state index in [1.807, 2.05) is 12.1 Å². The molecule has 2 rings (SSSR count). The van der Waals surface area contributed by atoms with Crippen molar-refractivity contribution in [3.05, 3.63) is 29.8 Å². The van der Waals surface area contributed by atoms with E-state index in [1.54, 1.807) is 7.11 Å². The van der Waals surface area contributed by atoms with Gasteiger partial charge in [0.2, 0.25) is 0 Å².